The highest BCUT2D eigenvalue weighted by Gasteiger charge is 2.45. The van der Waals surface area contributed by atoms with Gasteiger partial charge in [0, 0.05) is 0 Å². The Morgan fingerprint density at radius 3 is 2.73 bits per heavy atom. The van der Waals surface area contributed by atoms with Gasteiger partial charge in [0.05, 0.1) is 6.20 Å². The molecule has 8 heteroatoms. The van der Waals surface area contributed by atoms with Crippen LogP contribution in [0.25, 0.3) is 0 Å². The number of carboxylic acids is 1. The Kier molecular flexibility index (Phi) is 2.96. The van der Waals surface area contributed by atoms with Crippen molar-refractivity contribution in [3.63, 3.8) is 0 Å². The average molecular weight is 226 g/mol. The molecule has 1 unspecified atom stereocenters. The summed E-state index contributed by atoms with van der Waals surface area (Å²) in [4.78, 5) is 10.4. The topological polar surface area (TPSA) is 55.1 Å². The van der Waals surface area contributed by atoms with Gasteiger partial charge in [-0.15, -0.1) is 0 Å². The van der Waals surface area contributed by atoms with Gasteiger partial charge in [0.1, 0.15) is 6.67 Å². The lowest BCUT2D eigenvalue weighted by Crippen LogP contribution is -2.38. The van der Waals surface area contributed by atoms with Crippen LogP contribution in [-0.4, -0.2) is 33.7 Å². The third kappa shape index (κ3) is 1.92. The van der Waals surface area contributed by atoms with Crippen LogP contribution in [0.1, 0.15) is 10.5 Å². The second-order valence-electron chi connectivity index (χ2n) is 2.64. The number of hydrogen-bond donors (Lipinski definition) is 1. The number of halogens is 4. The van der Waals surface area contributed by atoms with Crippen LogP contribution in [0.3, 0.4) is 0 Å². The summed E-state index contributed by atoms with van der Waals surface area (Å²) in [5.74, 6) is -1.70. The van der Waals surface area contributed by atoms with Crippen LogP contribution in [0.5, 0.6) is 0 Å². The lowest BCUT2D eigenvalue weighted by atomic mass is 10.3. The van der Waals surface area contributed by atoms with E-state index in [0.717, 1.165) is 12.3 Å². The summed E-state index contributed by atoms with van der Waals surface area (Å²) in [7, 11) is 0. The van der Waals surface area contributed by atoms with Gasteiger partial charge in [0.2, 0.25) is 6.17 Å². The lowest BCUT2D eigenvalue weighted by Gasteiger charge is -2.19. The Balaban J connectivity index is 3.14. The smallest absolute Gasteiger partial charge is 0.377 e. The van der Waals surface area contributed by atoms with Crippen LogP contribution >= 0.6 is 0 Å². The summed E-state index contributed by atoms with van der Waals surface area (Å²) in [6.45, 7) is -1.92. The van der Waals surface area contributed by atoms with Crippen LogP contribution in [0.4, 0.5) is 17.6 Å². The molecule has 1 aromatic rings. The molecular formula is C7H6F4N2O2. The van der Waals surface area contributed by atoms with E-state index < -0.39 is 30.6 Å². The zero-order valence-corrected chi connectivity index (χ0v) is 7.20. The van der Waals surface area contributed by atoms with Crippen molar-refractivity contribution in [2.75, 3.05) is 6.67 Å². The van der Waals surface area contributed by atoms with E-state index in [1.54, 1.807) is 0 Å². The molecule has 1 heterocycles. The van der Waals surface area contributed by atoms with Gasteiger partial charge in [-0.1, -0.05) is 0 Å². The van der Waals surface area contributed by atoms with Crippen LogP contribution in [0.15, 0.2) is 12.3 Å². The number of rotatable bonds is 4. The summed E-state index contributed by atoms with van der Waals surface area (Å²) < 4.78 is 50.0. The largest absolute Gasteiger partial charge is 0.477 e. The molecule has 0 aromatic carbocycles. The van der Waals surface area contributed by atoms with E-state index in [1.807, 2.05) is 0 Å². The number of hydrogen-bond acceptors (Lipinski definition) is 2. The molecule has 1 aromatic heterocycles. The van der Waals surface area contributed by atoms with Crippen LogP contribution < -0.4 is 0 Å². The molecule has 0 aliphatic carbocycles. The van der Waals surface area contributed by atoms with Crippen LogP contribution in [-0.2, 0) is 6.05 Å². The second kappa shape index (κ2) is 3.87. The predicted molar refractivity (Wildman–Crippen MR) is 40.2 cm³/mol. The minimum Gasteiger partial charge on any atom is -0.477 e. The highest BCUT2D eigenvalue weighted by molar-refractivity contribution is 5.85. The molecule has 1 rings (SSSR count). The molecule has 0 aliphatic rings. The van der Waals surface area contributed by atoms with Crippen molar-refractivity contribution in [3.05, 3.63) is 18.0 Å². The first kappa shape index (κ1) is 11.5. The Hall–Kier alpha value is -1.60. The van der Waals surface area contributed by atoms with E-state index in [2.05, 4.69) is 5.10 Å². The Bertz CT molecular complexity index is 366. The minimum atomic E-state index is -4.31. The minimum absolute atomic E-state index is 0.348. The Labute approximate surface area is 81.1 Å². The molecule has 0 fully saturated rings. The molecule has 0 saturated heterocycles. The van der Waals surface area contributed by atoms with Crippen molar-refractivity contribution in [3.8, 4) is 0 Å². The molecule has 0 bridgehead atoms. The first-order valence-corrected chi connectivity index (χ1v) is 3.77. The normalized spacial score (nSPS) is 13.9. The SMILES string of the molecule is O=C(O)c1ccnn1C(F)(F)C(F)CF. The van der Waals surface area contributed by atoms with Gasteiger partial charge < -0.3 is 5.11 Å². The summed E-state index contributed by atoms with van der Waals surface area (Å²) in [5.41, 5.74) is -0.906. The van der Waals surface area contributed by atoms with E-state index in [4.69, 9.17) is 5.11 Å². The Morgan fingerprint density at radius 1 is 1.67 bits per heavy atom. The molecule has 84 valence electrons. The zero-order valence-electron chi connectivity index (χ0n) is 7.20. The number of aromatic nitrogens is 2. The standard InChI is InChI=1S/C7H6F4N2O2/c8-3-5(9)7(10,11)13-4(6(14)15)1-2-12-13/h1-2,5H,3H2,(H,14,15). The first-order valence-electron chi connectivity index (χ1n) is 3.77. The van der Waals surface area contributed by atoms with Crippen molar-refractivity contribution in [2.24, 2.45) is 0 Å². The second-order valence-corrected chi connectivity index (χ2v) is 2.64. The molecule has 1 atom stereocenters. The summed E-state index contributed by atoms with van der Waals surface area (Å²) in [5, 5.41) is 11.4. The number of nitrogens with zero attached hydrogens (tertiary/aromatic N) is 2. The average Bonchev–Trinajstić information content (AvgIpc) is 2.65. The summed E-state index contributed by atoms with van der Waals surface area (Å²) >= 11 is 0. The van der Waals surface area contributed by atoms with E-state index in [1.165, 1.54) is 0 Å². The molecule has 0 amide bonds. The van der Waals surface area contributed by atoms with Gasteiger partial charge >= 0.3 is 12.0 Å². The molecule has 0 radical (unpaired) electrons. The van der Waals surface area contributed by atoms with E-state index >= 15 is 0 Å². The van der Waals surface area contributed by atoms with Crippen molar-refractivity contribution in [1.29, 1.82) is 0 Å². The quantitative estimate of drug-likeness (QED) is 0.790. The van der Waals surface area contributed by atoms with E-state index in [9.17, 15) is 22.4 Å². The fraction of sp³-hybridized carbons (Fsp3) is 0.429. The monoisotopic (exact) mass is 226 g/mol. The van der Waals surface area contributed by atoms with Gasteiger partial charge in [0.25, 0.3) is 0 Å². The highest BCUT2D eigenvalue weighted by atomic mass is 19.3. The summed E-state index contributed by atoms with van der Waals surface area (Å²) in [6.07, 6.45) is -2.36. The number of aromatic carboxylic acids is 1. The van der Waals surface area contributed by atoms with Crippen molar-refractivity contribution in [2.45, 2.75) is 12.2 Å². The van der Waals surface area contributed by atoms with Crippen LogP contribution in [0, 0.1) is 0 Å². The molecule has 0 saturated carbocycles. The van der Waals surface area contributed by atoms with E-state index in [-0.39, 0.29) is 4.68 Å². The number of carboxylic acid groups (broad SMARTS) is 1. The van der Waals surface area contributed by atoms with Gasteiger partial charge in [-0.2, -0.15) is 18.6 Å². The van der Waals surface area contributed by atoms with Gasteiger partial charge in [-0.25, -0.2) is 13.6 Å². The fourth-order valence-electron chi connectivity index (χ4n) is 0.928. The maximum absolute atomic E-state index is 13.0. The molecule has 0 spiro atoms. The third-order valence-corrected chi connectivity index (χ3v) is 1.66. The van der Waals surface area contributed by atoms with Crippen molar-refractivity contribution >= 4 is 5.97 Å². The molecule has 0 aliphatic heterocycles. The lowest BCUT2D eigenvalue weighted by molar-refractivity contribution is -0.157. The van der Waals surface area contributed by atoms with Crippen LogP contribution in [0.2, 0.25) is 0 Å². The molecule has 1 N–H and O–H groups in total. The van der Waals surface area contributed by atoms with Gasteiger partial charge in [-0.05, 0) is 6.07 Å². The molecule has 15 heavy (non-hydrogen) atoms. The van der Waals surface area contributed by atoms with Crippen molar-refractivity contribution < 1.29 is 27.5 Å². The molecular weight excluding hydrogens is 220 g/mol. The fourth-order valence-corrected chi connectivity index (χ4v) is 0.928. The zero-order chi connectivity index (χ0) is 11.6. The maximum atomic E-state index is 13.0. The third-order valence-electron chi connectivity index (χ3n) is 1.66. The van der Waals surface area contributed by atoms with Gasteiger partial charge in [0.15, 0.2) is 5.69 Å². The number of alkyl halides is 4. The van der Waals surface area contributed by atoms with E-state index in [0.29, 0.717) is 0 Å². The van der Waals surface area contributed by atoms with Gasteiger partial charge in [-0.3, -0.25) is 0 Å². The predicted octanol–water partition coefficient (Wildman–Crippen LogP) is 1.44. The Morgan fingerprint density at radius 2 is 2.27 bits per heavy atom. The first-order chi connectivity index (χ1) is 6.91. The summed E-state index contributed by atoms with van der Waals surface area (Å²) in [6, 6.07) is -3.55. The number of carbonyl (C=O) groups is 1. The molecule has 4 nitrogen and oxygen atoms in total. The highest BCUT2D eigenvalue weighted by Crippen LogP contribution is 2.28. The van der Waals surface area contributed by atoms with Crippen molar-refractivity contribution in [1.82, 2.24) is 9.78 Å². The maximum Gasteiger partial charge on any atom is 0.377 e.